The molecule has 3 aromatic carbocycles. The van der Waals surface area contributed by atoms with Crippen LogP contribution in [0.15, 0.2) is 84.9 Å². The first-order chi connectivity index (χ1) is 14.8. The molecule has 148 valence electrons. The molecule has 1 aliphatic carbocycles. The van der Waals surface area contributed by atoms with Crippen LogP contribution in [-0.4, -0.2) is 17.1 Å². The van der Waals surface area contributed by atoms with Crippen LogP contribution in [0.3, 0.4) is 0 Å². The molecule has 0 unspecified atom stereocenters. The number of aromatic nitrogens is 2. The van der Waals surface area contributed by atoms with E-state index in [2.05, 4.69) is 48.5 Å². The van der Waals surface area contributed by atoms with Crippen molar-refractivity contribution >= 4 is 0 Å². The van der Waals surface area contributed by atoms with Crippen molar-refractivity contribution in [3.05, 3.63) is 90.5 Å². The van der Waals surface area contributed by atoms with E-state index in [1.807, 2.05) is 36.4 Å². The summed E-state index contributed by atoms with van der Waals surface area (Å²) in [6.45, 7) is 0. The number of nitrogens with zero attached hydrogens (tertiary/aromatic N) is 2. The van der Waals surface area contributed by atoms with E-state index in [-0.39, 0.29) is 0 Å². The highest BCUT2D eigenvalue weighted by Gasteiger charge is 2.27. The van der Waals surface area contributed by atoms with Crippen molar-refractivity contribution in [2.45, 2.75) is 19.3 Å². The summed E-state index contributed by atoms with van der Waals surface area (Å²) in [6.07, 6.45) is 3.59. The Bertz CT molecular complexity index is 1130. The summed E-state index contributed by atoms with van der Waals surface area (Å²) >= 11 is 0. The van der Waals surface area contributed by atoms with E-state index < -0.39 is 0 Å². The van der Waals surface area contributed by atoms with Crippen LogP contribution in [0.25, 0.3) is 33.9 Å². The van der Waals surface area contributed by atoms with Crippen molar-refractivity contribution < 1.29 is 4.74 Å². The van der Waals surface area contributed by atoms with Crippen LogP contribution in [0.4, 0.5) is 0 Å². The summed E-state index contributed by atoms with van der Waals surface area (Å²) in [4.78, 5) is 10.2. The standard InChI is InChI=1S/C27H24N2O/c1-30-23-16-14-21(15-17-23)26-24(18-19-12-13-19)25(20-8-4-2-5-9-20)28-27(29-26)22-10-6-3-7-11-22/h2-11,14-17,19H,12-13,18H2,1H3. The van der Waals surface area contributed by atoms with Crippen LogP contribution in [0.5, 0.6) is 5.75 Å². The van der Waals surface area contributed by atoms with Gasteiger partial charge in [-0.25, -0.2) is 9.97 Å². The summed E-state index contributed by atoms with van der Waals surface area (Å²) < 4.78 is 5.36. The largest absolute Gasteiger partial charge is 0.497 e. The average molecular weight is 393 g/mol. The predicted molar refractivity (Wildman–Crippen MR) is 121 cm³/mol. The highest BCUT2D eigenvalue weighted by molar-refractivity contribution is 5.77. The van der Waals surface area contributed by atoms with Crippen molar-refractivity contribution in [3.8, 4) is 39.7 Å². The smallest absolute Gasteiger partial charge is 0.160 e. The van der Waals surface area contributed by atoms with Crippen LogP contribution < -0.4 is 4.74 Å². The number of ether oxygens (including phenoxy) is 1. The minimum Gasteiger partial charge on any atom is -0.497 e. The molecule has 1 fully saturated rings. The van der Waals surface area contributed by atoms with Crippen LogP contribution in [-0.2, 0) is 6.42 Å². The highest BCUT2D eigenvalue weighted by atomic mass is 16.5. The lowest BCUT2D eigenvalue weighted by molar-refractivity contribution is 0.415. The molecule has 5 rings (SSSR count). The highest BCUT2D eigenvalue weighted by Crippen LogP contribution is 2.40. The number of rotatable bonds is 6. The molecule has 0 bridgehead atoms. The third kappa shape index (κ3) is 3.84. The number of benzene rings is 3. The first kappa shape index (κ1) is 18.6. The maximum absolute atomic E-state index is 5.36. The van der Waals surface area contributed by atoms with E-state index in [1.54, 1.807) is 7.11 Å². The fraction of sp³-hybridized carbons (Fsp3) is 0.185. The normalized spacial score (nSPS) is 13.2. The van der Waals surface area contributed by atoms with Gasteiger partial charge >= 0.3 is 0 Å². The summed E-state index contributed by atoms with van der Waals surface area (Å²) in [5.41, 5.74) is 6.58. The Morgan fingerprint density at radius 3 is 1.77 bits per heavy atom. The van der Waals surface area contributed by atoms with Gasteiger partial charge in [-0.1, -0.05) is 60.7 Å². The molecular formula is C27H24N2O. The molecule has 1 saturated carbocycles. The second-order valence-corrected chi connectivity index (χ2v) is 7.83. The van der Waals surface area contributed by atoms with Crippen molar-refractivity contribution in [1.82, 2.24) is 9.97 Å². The second-order valence-electron chi connectivity index (χ2n) is 7.83. The first-order valence-corrected chi connectivity index (χ1v) is 10.5. The van der Waals surface area contributed by atoms with Gasteiger partial charge in [0.05, 0.1) is 18.5 Å². The lowest BCUT2D eigenvalue weighted by Crippen LogP contribution is -2.04. The van der Waals surface area contributed by atoms with E-state index in [4.69, 9.17) is 14.7 Å². The quantitative estimate of drug-likeness (QED) is 0.379. The van der Waals surface area contributed by atoms with Crippen LogP contribution in [0, 0.1) is 5.92 Å². The Hall–Kier alpha value is -3.46. The molecule has 3 heteroatoms. The van der Waals surface area contributed by atoms with Gasteiger partial charge in [0.1, 0.15) is 5.75 Å². The zero-order valence-corrected chi connectivity index (χ0v) is 17.1. The third-order valence-electron chi connectivity index (χ3n) is 5.64. The third-order valence-corrected chi connectivity index (χ3v) is 5.64. The summed E-state index contributed by atoms with van der Waals surface area (Å²) in [7, 11) is 1.69. The van der Waals surface area contributed by atoms with Crippen molar-refractivity contribution in [2.24, 2.45) is 5.92 Å². The molecule has 0 saturated heterocycles. The number of methoxy groups -OCH3 is 1. The molecule has 1 aliphatic rings. The molecule has 1 aromatic heterocycles. The minimum atomic E-state index is 0.732. The number of hydrogen-bond acceptors (Lipinski definition) is 3. The molecular weight excluding hydrogens is 368 g/mol. The fourth-order valence-corrected chi connectivity index (χ4v) is 3.83. The van der Waals surface area contributed by atoms with Crippen molar-refractivity contribution in [2.75, 3.05) is 7.11 Å². The lowest BCUT2D eigenvalue weighted by Gasteiger charge is -2.16. The second kappa shape index (κ2) is 8.11. The van der Waals surface area contributed by atoms with Gasteiger partial charge in [0.15, 0.2) is 5.82 Å². The molecule has 30 heavy (non-hydrogen) atoms. The first-order valence-electron chi connectivity index (χ1n) is 10.5. The van der Waals surface area contributed by atoms with Crippen LogP contribution in [0.1, 0.15) is 18.4 Å². The van der Waals surface area contributed by atoms with Gasteiger partial charge in [0.2, 0.25) is 0 Å². The molecule has 4 aromatic rings. The topological polar surface area (TPSA) is 35.0 Å². The Balaban J connectivity index is 1.75. The van der Waals surface area contributed by atoms with E-state index in [0.717, 1.165) is 52.0 Å². The van der Waals surface area contributed by atoms with Gasteiger partial charge in [0, 0.05) is 22.3 Å². The molecule has 0 aliphatic heterocycles. The maximum atomic E-state index is 5.36. The van der Waals surface area contributed by atoms with Gasteiger partial charge in [-0.2, -0.15) is 0 Å². The SMILES string of the molecule is COc1ccc(-c2nc(-c3ccccc3)nc(-c3ccccc3)c2CC2CC2)cc1. The van der Waals surface area contributed by atoms with Crippen LogP contribution in [0.2, 0.25) is 0 Å². The predicted octanol–water partition coefficient (Wildman–Crippen LogP) is 6.44. The van der Waals surface area contributed by atoms with Crippen molar-refractivity contribution in [3.63, 3.8) is 0 Å². The Kier molecular flexibility index (Phi) is 5.02. The molecule has 0 N–H and O–H groups in total. The Labute approximate surface area is 177 Å². The van der Waals surface area contributed by atoms with E-state index in [9.17, 15) is 0 Å². The molecule has 0 radical (unpaired) electrons. The van der Waals surface area contributed by atoms with Crippen LogP contribution >= 0.6 is 0 Å². The summed E-state index contributed by atoms with van der Waals surface area (Å²) in [6, 6.07) is 28.9. The Morgan fingerprint density at radius 1 is 0.700 bits per heavy atom. The van der Waals surface area contributed by atoms with Gasteiger partial charge in [-0.15, -0.1) is 0 Å². The van der Waals surface area contributed by atoms with Gasteiger partial charge < -0.3 is 4.74 Å². The van der Waals surface area contributed by atoms with Gasteiger partial charge in [0.25, 0.3) is 0 Å². The molecule has 3 nitrogen and oxygen atoms in total. The average Bonchev–Trinajstić information content (AvgIpc) is 3.64. The zero-order chi connectivity index (χ0) is 20.3. The minimum absolute atomic E-state index is 0.732. The molecule has 1 heterocycles. The molecule has 0 atom stereocenters. The fourth-order valence-electron chi connectivity index (χ4n) is 3.83. The van der Waals surface area contributed by atoms with E-state index in [0.29, 0.717) is 0 Å². The van der Waals surface area contributed by atoms with Gasteiger partial charge in [-0.3, -0.25) is 0 Å². The lowest BCUT2D eigenvalue weighted by atomic mass is 9.95. The molecule has 0 amide bonds. The summed E-state index contributed by atoms with van der Waals surface area (Å²) in [5.74, 6) is 2.35. The summed E-state index contributed by atoms with van der Waals surface area (Å²) in [5, 5.41) is 0. The zero-order valence-electron chi connectivity index (χ0n) is 17.1. The number of hydrogen-bond donors (Lipinski definition) is 0. The maximum Gasteiger partial charge on any atom is 0.160 e. The van der Waals surface area contributed by atoms with E-state index >= 15 is 0 Å². The van der Waals surface area contributed by atoms with Gasteiger partial charge in [-0.05, 0) is 49.4 Å². The monoisotopic (exact) mass is 392 g/mol. The van der Waals surface area contributed by atoms with E-state index in [1.165, 1.54) is 18.4 Å². The Morgan fingerprint density at radius 2 is 1.23 bits per heavy atom. The molecule has 0 spiro atoms. The van der Waals surface area contributed by atoms with Crippen molar-refractivity contribution in [1.29, 1.82) is 0 Å².